The summed E-state index contributed by atoms with van der Waals surface area (Å²) in [5.74, 6) is -0.260. The fourth-order valence-corrected chi connectivity index (χ4v) is 3.54. The number of carbonyl (C=O) groups is 1. The van der Waals surface area contributed by atoms with Gasteiger partial charge in [-0.15, -0.1) is 0 Å². The quantitative estimate of drug-likeness (QED) is 0.744. The number of hydrogen-bond acceptors (Lipinski definition) is 5. The summed E-state index contributed by atoms with van der Waals surface area (Å²) in [6, 6.07) is 10.7. The number of hydrogen-bond donors (Lipinski definition) is 2. The molecule has 2 aromatic rings. The van der Waals surface area contributed by atoms with Crippen LogP contribution in [0.3, 0.4) is 0 Å². The van der Waals surface area contributed by atoms with Crippen molar-refractivity contribution in [1.82, 2.24) is 5.32 Å². The van der Waals surface area contributed by atoms with Crippen LogP contribution in [0.5, 0.6) is 5.75 Å². The molecule has 8 heteroatoms. The first-order chi connectivity index (χ1) is 13.5. The van der Waals surface area contributed by atoms with E-state index in [1.807, 2.05) is 24.3 Å². The lowest BCUT2D eigenvalue weighted by molar-refractivity contribution is 0.0913. The van der Waals surface area contributed by atoms with Crippen molar-refractivity contribution in [3.8, 4) is 5.75 Å². The highest BCUT2D eigenvalue weighted by Gasteiger charge is 2.20. The smallest absolute Gasteiger partial charge is 0.256 e. The topological polar surface area (TPSA) is 71.0 Å². The third kappa shape index (κ3) is 4.70. The Morgan fingerprint density at radius 3 is 2.46 bits per heavy atom. The molecule has 1 fully saturated rings. The van der Waals surface area contributed by atoms with Crippen molar-refractivity contribution in [2.75, 3.05) is 44.9 Å². The summed E-state index contributed by atoms with van der Waals surface area (Å²) in [7, 11) is 1.42. The molecule has 0 radical (unpaired) electrons. The van der Waals surface area contributed by atoms with E-state index in [1.165, 1.54) is 13.2 Å². The minimum atomic E-state index is -0.855. The molecule has 1 aliphatic rings. The van der Waals surface area contributed by atoms with E-state index in [1.54, 1.807) is 6.07 Å². The van der Waals surface area contributed by atoms with Crippen LogP contribution in [0, 0.1) is 0 Å². The Hall–Kier alpha value is -1.99. The van der Waals surface area contributed by atoms with Gasteiger partial charge in [-0.1, -0.05) is 35.3 Å². The van der Waals surface area contributed by atoms with Crippen molar-refractivity contribution >= 4 is 34.8 Å². The van der Waals surface area contributed by atoms with E-state index in [0.717, 1.165) is 18.8 Å². The standard InChI is InChI=1S/C20H22Cl2N2O4/c1-27-19-16(22)7-6-15(21)18(19)20(26)23-12-17(25)13-2-4-14(5-3-13)24-8-10-28-11-9-24/h2-7,17,25H,8-12H2,1H3,(H,23,26). The number of amides is 1. The highest BCUT2D eigenvalue weighted by molar-refractivity contribution is 6.37. The molecule has 0 saturated carbocycles. The van der Waals surface area contributed by atoms with Gasteiger partial charge in [-0.05, 0) is 29.8 Å². The SMILES string of the molecule is COc1c(Cl)ccc(Cl)c1C(=O)NCC(O)c1ccc(N2CCOCC2)cc1. The van der Waals surface area contributed by atoms with Crippen LogP contribution in [0.15, 0.2) is 36.4 Å². The summed E-state index contributed by atoms with van der Waals surface area (Å²) >= 11 is 12.2. The molecule has 0 spiro atoms. The largest absolute Gasteiger partial charge is 0.494 e. The lowest BCUT2D eigenvalue weighted by Crippen LogP contribution is -2.36. The van der Waals surface area contributed by atoms with E-state index >= 15 is 0 Å². The Bertz CT molecular complexity index is 824. The van der Waals surface area contributed by atoms with Gasteiger partial charge in [-0.2, -0.15) is 0 Å². The summed E-state index contributed by atoms with van der Waals surface area (Å²) in [4.78, 5) is 14.8. The van der Waals surface area contributed by atoms with Crippen LogP contribution in [-0.2, 0) is 4.74 Å². The number of methoxy groups -OCH3 is 1. The van der Waals surface area contributed by atoms with Crippen molar-refractivity contribution in [3.63, 3.8) is 0 Å². The Kier molecular flexibility index (Phi) is 7.02. The number of aliphatic hydroxyl groups excluding tert-OH is 1. The third-order valence-corrected chi connectivity index (χ3v) is 5.21. The van der Waals surface area contributed by atoms with Gasteiger partial charge in [0.1, 0.15) is 5.56 Å². The average molecular weight is 425 g/mol. The minimum Gasteiger partial charge on any atom is -0.494 e. The number of benzene rings is 2. The van der Waals surface area contributed by atoms with E-state index in [4.69, 9.17) is 32.7 Å². The molecular weight excluding hydrogens is 403 g/mol. The normalized spacial score (nSPS) is 15.2. The van der Waals surface area contributed by atoms with Gasteiger partial charge in [-0.25, -0.2) is 0 Å². The molecule has 1 saturated heterocycles. The molecule has 0 aliphatic carbocycles. The maximum Gasteiger partial charge on any atom is 0.256 e. The number of nitrogens with zero attached hydrogens (tertiary/aromatic N) is 1. The zero-order valence-corrected chi connectivity index (χ0v) is 17.0. The predicted octanol–water partition coefficient (Wildman–Crippen LogP) is 3.30. The van der Waals surface area contributed by atoms with Crippen LogP contribution in [-0.4, -0.2) is 51.0 Å². The molecule has 150 valence electrons. The second kappa shape index (κ2) is 9.47. The maximum absolute atomic E-state index is 12.5. The average Bonchev–Trinajstić information content (AvgIpc) is 2.74. The molecule has 1 heterocycles. The van der Waals surface area contributed by atoms with Crippen LogP contribution in [0.4, 0.5) is 5.69 Å². The summed E-state index contributed by atoms with van der Waals surface area (Å²) in [6.07, 6.45) is -0.855. The fourth-order valence-electron chi connectivity index (χ4n) is 3.07. The molecule has 1 unspecified atom stereocenters. The number of nitrogens with one attached hydrogen (secondary N) is 1. The number of aliphatic hydroxyl groups is 1. The zero-order chi connectivity index (χ0) is 20.1. The highest BCUT2D eigenvalue weighted by Crippen LogP contribution is 2.33. The first-order valence-electron chi connectivity index (χ1n) is 8.92. The maximum atomic E-state index is 12.5. The van der Waals surface area contributed by atoms with Gasteiger partial charge < -0.3 is 24.8 Å². The molecule has 6 nitrogen and oxygen atoms in total. The van der Waals surface area contributed by atoms with Crippen molar-refractivity contribution < 1.29 is 19.4 Å². The number of anilines is 1. The minimum absolute atomic E-state index is 0.0295. The predicted molar refractivity (Wildman–Crippen MR) is 110 cm³/mol. The van der Waals surface area contributed by atoms with Crippen molar-refractivity contribution in [2.45, 2.75) is 6.10 Å². The molecule has 28 heavy (non-hydrogen) atoms. The molecule has 0 bridgehead atoms. The summed E-state index contributed by atoms with van der Waals surface area (Å²) < 4.78 is 10.5. The lowest BCUT2D eigenvalue weighted by atomic mass is 10.1. The number of carbonyl (C=O) groups excluding carboxylic acids is 1. The van der Waals surface area contributed by atoms with Gasteiger partial charge in [0.05, 0.1) is 36.5 Å². The van der Waals surface area contributed by atoms with Crippen molar-refractivity contribution in [1.29, 1.82) is 0 Å². The first kappa shape index (κ1) is 20.7. The van der Waals surface area contributed by atoms with Gasteiger partial charge in [0.25, 0.3) is 5.91 Å². The second-order valence-corrected chi connectivity index (χ2v) is 7.17. The van der Waals surface area contributed by atoms with E-state index in [9.17, 15) is 9.90 Å². The fraction of sp³-hybridized carbons (Fsp3) is 0.350. The van der Waals surface area contributed by atoms with Crippen molar-refractivity contribution in [3.05, 3.63) is 57.6 Å². The molecule has 1 amide bonds. The first-order valence-corrected chi connectivity index (χ1v) is 9.67. The monoisotopic (exact) mass is 424 g/mol. The highest BCUT2D eigenvalue weighted by atomic mass is 35.5. The number of morpholine rings is 1. The molecule has 3 rings (SSSR count). The van der Waals surface area contributed by atoms with Crippen LogP contribution in [0.2, 0.25) is 10.0 Å². The Morgan fingerprint density at radius 1 is 1.18 bits per heavy atom. The lowest BCUT2D eigenvalue weighted by Gasteiger charge is -2.29. The van der Waals surface area contributed by atoms with Crippen LogP contribution < -0.4 is 15.0 Å². The molecule has 2 aromatic carbocycles. The van der Waals surface area contributed by atoms with Gasteiger partial charge >= 0.3 is 0 Å². The zero-order valence-electron chi connectivity index (χ0n) is 15.5. The van der Waals surface area contributed by atoms with Gasteiger partial charge in [0.15, 0.2) is 5.75 Å². The number of rotatable bonds is 6. The summed E-state index contributed by atoms with van der Waals surface area (Å²) in [5, 5.41) is 13.6. The van der Waals surface area contributed by atoms with Crippen molar-refractivity contribution in [2.24, 2.45) is 0 Å². The third-order valence-electron chi connectivity index (χ3n) is 4.60. The van der Waals surface area contributed by atoms with Gasteiger partial charge in [0.2, 0.25) is 0 Å². The molecule has 2 N–H and O–H groups in total. The van der Waals surface area contributed by atoms with Gasteiger partial charge in [-0.3, -0.25) is 4.79 Å². The Balaban J connectivity index is 1.63. The van der Waals surface area contributed by atoms with E-state index in [2.05, 4.69) is 10.2 Å². The van der Waals surface area contributed by atoms with E-state index in [0.29, 0.717) is 18.8 Å². The number of halogens is 2. The van der Waals surface area contributed by atoms with Crippen LogP contribution >= 0.6 is 23.2 Å². The Labute approximate surface area is 174 Å². The van der Waals surface area contributed by atoms with Crippen LogP contribution in [0.1, 0.15) is 22.0 Å². The molecule has 1 atom stereocenters. The molecule has 0 aromatic heterocycles. The second-order valence-electron chi connectivity index (χ2n) is 6.35. The van der Waals surface area contributed by atoms with E-state index < -0.39 is 12.0 Å². The summed E-state index contributed by atoms with van der Waals surface area (Å²) in [5.41, 5.74) is 1.94. The molecule has 1 aliphatic heterocycles. The van der Waals surface area contributed by atoms with E-state index in [-0.39, 0.29) is 27.9 Å². The summed E-state index contributed by atoms with van der Waals surface area (Å²) in [6.45, 7) is 3.15. The number of ether oxygens (including phenoxy) is 2. The van der Waals surface area contributed by atoms with Crippen LogP contribution in [0.25, 0.3) is 0 Å². The van der Waals surface area contributed by atoms with Gasteiger partial charge in [0, 0.05) is 25.3 Å². The molecular formula is C20H22Cl2N2O4. The Morgan fingerprint density at radius 2 is 1.82 bits per heavy atom.